The molecule has 0 N–H and O–H groups in total. The van der Waals surface area contributed by atoms with Gasteiger partial charge in [0.05, 0.1) is 13.1 Å². The lowest BCUT2D eigenvalue weighted by molar-refractivity contribution is 0.187. The van der Waals surface area contributed by atoms with Gasteiger partial charge in [0.2, 0.25) is 11.8 Å². The molecule has 1 aliphatic rings. The fraction of sp³-hybridized carbons (Fsp3) is 0.692. The maximum absolute atomic E-state index is 5.56. The predicted molar refractivity (Wildman–Crippen MR) is 71.9 cm³/mol. The molecule has 0 aliphatic carbocycles. The largest absolute Gasteiger partial charge is 0.424 e. The molecule has 0 saturated heterocycles. The minimum atomic E-state index is 0.408. The highest BCUT2D eigenvalue weighted by atomic mass is 16.4. The monoisotopic (exact) mass is 276 g/mol. The van der Waals surface area contributed by atoms with Crippen molar-refractivity contribution in [3.05, 3.63) is 23.4 Å². The van der Waals surface area contributed by atoms with E-state index in [1.807, 2.05) is 6.92 Å². The van der Waals surface area contributed by atoms with Crippen molar-refractivity contribution in [3.8, 4) is 0 Å². The minimum Gasteiger partial charge on any atom is -0.424 e. The number of aromatic nitrogens is 5. The third-order valence-corrected chi connectivity index (χ3v) is 3.55. The number of hydrogen-bond acceptors (Lipinski definition) is 6. The summed E-state index contributed by atoms with van der Waals surface area (Å²) in [6, 6.07) is 0. The molecule has 0 aromatic carbocycles. The van der Waals surface area contributed by atoms with E-state index in [1.54, 1.807) is 0 Å². The molecule has 7 nitrogen and oxygen atoms in total. The summed E-state index contributed by atoms with van der Waals surface area (Å²) in [5.74, 6) is 3.88. The molecule has 0 spiro atoms. The Bertz CT molecular complexity index is 587. The van der Waals surface area contributed by atoms with Crippen LogP contribution in [0, 0.1) is 0 Å². The van der Waals surface area contributed by atoms with Gasteiger partial charge in [-0.05, 0) is 0 Å². The molecule has 0 fully saturated rings. The highest BCUT2D eigenvalue weighted by Crippen LogP contribution is 2.19. The van der Waals surface area contributed by atoms with E-state index in [-0.39, 0.29) is 0 Å². The SMILES string of the molecule is CCc1nnc(CN2CCn3c(nnc3C(C)C)C2)o1. The number of aryl methyl sites for hydroxylation is 1. The summed E-state index contributed by atoms with van der Waals surface area (Å²) in [6.45, 7) is 9.64. The Morgan fingerprint density at radius 2 is 1.90 bits per heavy atom. The number of hydrogen-bond donors (Lipinski definition) is 0. The second-order valence-corrected chi connectivity index (χ2v) is 5.43. The predicted octanol–water partition coefficient (Wildman–Crippen LogP) is 1.36. The van der Waals surface area contributed by atoms with Crippen molar-refractivity contribution in [2.75, 3.05) is 6.54 Å². The van der Waals surface area contributed by atoms with Gasteiger partial charge in [0.15, 0.2) is 0 Å². The standard InChI is InChI=1S/C13H20N6O/c1-4-11-15-16-12(20-11)8-18-5-6-19-10(7-18)14-17-13(19)9(2)3/h9H,4-8H2,1-3H3. The quantitative estimate of drug-likeness (QED) is 0.839. The average Bonchev–Trinajstić information content (AvgIpc) is 3.04. The van der Waals surface area contributed by atoms with E-state index in [1.165, 1.54) is 0 Å². The first kappa shape index (κ1) is 13.2. The zero-order valence-electron chi connectivity index (χ0n) is 12.2. The summed E-state index contributed by atoms with van der Waals surface area (Å²) in [5.41, 5.74) is 0. The van der Waals surface area contributed by atoms with Crippen LogP contribution in [0.1, 0.15) is 50.1 Å². The highest BCUT2D eigenvalue weighted by molar-refractivity contribution is 5.02. The molecule has 108 valence electrons. The van der Waals surface area contributed by atoms with Crippen LogP contribution in [0.4, 0.5) is 0 Å². The van der Waals surface area contributed by atoms with Crippen molar-refractivity contribution < 1.29 is 4.42 Å². The smallest absolute Gasteiger partial charge is 0.230 e. The Labute approximate surface area is 118 Å². The highest BCUT2D eigenvalue weighted by Gasteiger charge is 2.23. The Morgan fingerprint density at radius 1 is 1.10 bits per heavy atom. The minimum absolute atomic E-state index is 0.408. The van der Waals surface area contributed by atoms with Gasteiger partial charge in [-0.1, -0.05) is 20.8 Å². The van der Waals surface area contributed by atoms with E-state index >= 15 is 0 Å². The van der Waals surface area contributed by atoms with E-state index in [2.05, 4.69) is 43.7 Å². The second-order valence-electron chi connectivity index (χ2n) is 5.43. The summed E-state index contributed by atoms with van der Waals surface area (Å²) in [4.78, 5) is 2.26. The fourth-order valence-corrected chi connectivity index (χ4v) is 2.48. The van der Waals surface area contributed by atoms with E-state index in [0.29, 0.717) is 24.2 Å². The zero-order chi connectivity index (χ0) is 14.1. The van der Waals surface area contributed by atoms with E-state index in [9.17, 15) is 0 Å². The van der Waals surface area contributed by atoms with E-state index in [4.69, 9.17) is 4.42 Å². The Hall–Kier alpha value is -1.76. The van der Waals surface area contributed by atoms with Crippen LogP contribution in [0.25, 0.3) is 0 Å². The van der Waals surface area contributed by atoms with Crippen LogP contribution in [0.15, 0.2) is 4.42 Å². The molecule has 0 amide bonds. The van der Waals surface area contributed by atoms with Gasteiger partial charge in [0.25, 0.3) is 0 Å². The van der Waals surface area contributed by atoms with Crippen LogP contribution < -0.4 is 0 Å². The molecule has 3 rings (SSSR count). The molecule has 2 aromatic heterocycles. The van der Waals surface area contributed by atoms with Crippen molar-refractivity contribution in [2.24, 2.45) is 0 Å². The Kier molecular flexibility index (Phi) is 3.52. The molecule has 1 aliphatic heterocycles. The first-order valence-electron chi connectivity index (χ1n) is 7.13. The lowest BCUT2D eigenvalue weighted by atomic mass is 10.2. The van der Waals surface area contributed by atoms with Crippen molar-refractivity contribution in [2.45, 2.75) is 52.7 Å². The molecule has 0 bridgehead atoms. The Morgan fingerprint density at radius 3 is 2.60 bits per heavy atom. The fourth-order valence-electron chi connectivity index (χ4n) is 2.48. The van der Waals surface area contributed by atoms with Gasteiger partial charge in [0, 0.05) is 25.4 Å². The van der Waals surface area contributed by atoms with Crippen LogP contribution in [0.3, 0.4) is 0 Å². The van der Waals surface area contributed by atoms with Gasteiger partial charge in [-0.3, -0.25) is 4.90 Å². The molecule has 0 saturated carbocycles. The van der Waals surface area contributed by atoms with Crippen LogP contribution >= 0.6 is 0 Å². The summed E-state index contributed by atoms with van der Waals surface area (Å²) < 4.78 is 7.79. The average molecular weight is 276 g/mol. The summed E-state index contributed by atoms with van der Waals surface area (Å²) in [7, 11) is 0. The van der Waals surface area contributed by atoms with Gasteiger partial charge in [0.1, 0.15) is 11.6 Å². The maximum atomic E-state index is 5.56. The lowest BCUT2D eigenvalue weighted by Gasteiger charge is -2.26. The molecule has 0 atom stereocenters. The van der Waals surface area contributed by atoms with Crippen molar-refractivity contribution in [1.29, 1.82) is 0 Å². The van der Waals surface area contributed by atoms with Gasteiger partial charge < -0.3 is 8.98 Å². The molecular weight excluding hydrogens is 256 g/mol. The van der Waals surface area contributed by atoms with Gasteiger partial charge in [-0.15, -0.1) is 20.4 Å². The van der Waals surface area contributed by atoms with Crippen molar-refractivity contribution in [3.63, 3.8) is 0 Å². The molecule has 0 unspecified atom stereocenters. The molecule has 3 heterocycles. The van der Waals surface area contributed by atoms with Crippen LogP contribution in [0.2, 0.25) is 0 Å². The number of nitrogens with zero attached hydrogens (tertiary/aromatic N) is 6. The van der Waals surface area contributed by atoms with Crippen molar-refractivity contribution in [1.82, 2.24) is 29.9 Å². The number of rotatable bonds is 4. The first-order chi connectivity index (χ1) is 9.67. The van der Waals surface area contributed by atoms with Gasteiger partial charge in [-0.2, -0.15) is 0 Å². The third kappa shape index (κ3) is 2.45. The Balaban J connectivity index is 1.69. The van der Waals surface area contributed by atoms with Crippen LogP contribution in [0.5, 0.6) is 0 Å². The lowest BCUT2D eigenvalue weighted by Crippen LogP contribution is -2.34. The maximum Gasteiger partial charge on any atom is 0.230 e. The second kappa shape index (κ2) is 5.32. The molecular formula is C13H20N6O. The number of fused-ring (bicyclic) bond motifs is 1. The summed E-state index contributed by atoms with van der Waals surface area (Å²) in [6.07, 6.45) is 0.777. The molecule has 20 heavy (non-hydrogen) atoms. The van der Waals surface area contributed by atoms with E-state index in [0.717, 1.165) is 37.7 Å². The first-order valence-corrected chi connectivity index (χ1v) is 7.13. The third-order valence-electron chi connectivity index (χ3n) is 3.55. The molecule has 7 heteroatoms. The topological polar surface area (TPSA) is 72.9 Å². The normalized spacial score (nSPS) is 15.8. The van der Waals surface area contributed by atoms with Gasteiger partial charge in [-0.25, -0.2) is 0 Å². The summed E-state index contributed by atoms with van der Waals surface area (Å²) >= 11 is 0. The molecule has 2 aromatic rings. The van der Waals surface area contributed by atoms with Crippen LogP contribution in [-0.4, -0.2) is 36.4 Å². The van der Waals surface area contributed by atoms with Crippen molar-refractivity contribution >= 4 is 0 Å². The zero-order valence-corrected chi connectivity index (χ0v) is 12.2. The van der Waals surface area contributed by atoms with E-state index < -0.39 is 0 Å². The summed E-state index contributed by atoms with van der Waals surface area (Å²) in [5, 5.41) is 16.7. The molecule has 0 radical (unpaired) electrons. The van der Waals surface area contributed by atoms with Gasteiger partial charge >= 0.3 is 0 Å². The van der Waals surface area contributed by atoms with Crippen LogP contribution in [-0.2, 0) is 26.1 Å².